The number of methoxy groups -OCH3 is 1. The molecule has 0 aromatic heterocycles. The molecule has 0 saturated carbocycles. The average molecular weight is 454 g/mol. The van der Waals surface area contributed by atoms with E-state index in [-0.39, 0.29) is 17.2 Å². The molecule has 2 aromatic rings. The number of hydrogen-bond donors (Lipinski definition) is 2. The molecule has 2 amide bonds. The molecule has 10 heteroatoms. The Morgan fingerprint density at radius 2 is 1.77 bits per heavy atom. The summed E-state index contributed by atoms with van der Waals surface area (Å²) < 4.78 is 30.7. The van der Waals surface area contributed by atoms with Gasteiger partial charge in [0.2, 0.25) is 15.9 Å². The lowest BCUT2D eigenvalue weighted by Crippen LogP contribution is -2.45. The van der Waals surface area contributed by atoms with E-state index in [4.69, 9.17) is 16.3 Å². The van der Waals surface area contributed by atoms with Crippen molar-refractivity contribution in [2.24, 2.45) is 0 Å². The van der Waals surface area contributed by atoms with E-state index < -0.39 is 22.0 Å². The molecule has 0 bridgehead atoms. The van der Waals surface area contributed by atoms with Gasteiger partial charge in [0.25, 0.3) is 5.91 Å². The second-order valence-corrected chi connectivity index (χ2v) is 8.79. The van der Waals surface area contributed by atoms with Gasteiger partial charge < -0.3 is 15.4 Å². The van der Waals surface area contributed by atoms with Gasteiger partial charge in [-0.15, -0.1) is 0 Å². The molecule has 0 fully saturated rings. The molecule has 2 rings (SSSR count). The number of amides is 2. The van der Waals surface area contributed by atoms with Crippen LogP contribution in [0.5, 0.6) is 0 Å². The highest BCUT2D eigenvalue weighted by molar-refractivity contribution is 7.92. The number of hydrogen-bond acceptors (Lipinski definition) is 5. The second kappa shape index (κ2) is 10.4. The molecule has 0 aliphatic carbocycles. The Kier molecular flexibility index (Phi) is 8.22. The third-order valence-electron chi connectivity index (χ3n) is 4.19. The van der Waals surface area contributed by atoms with Crippen LogP contribution in [0.1, 0.15) is 17.3 Å². The van der Waals surface area contributed by atoms with Crippen LogP contribution >= 0.6 is 11.6 Å². The van der Waals surface area contributed by atoms with E-state index in [0.29, 0.717) is 23.9 Å². The maximum Gasteiger partial charge on any atom is 0.253 e. The van der Waals surface area contributed by atoms with Gasteiger partial charge in [0.05, 0.1) is 29.8 Å². The predicted octanol–water partition coefficient (Wildman–Crippen LogP) is 2.51. The number of carbonyl (C=O) groups excluding carboxylic acids is 2. The molecular formula is C20H24ClN3O5S. The second-order valence-electron chi connectivity index (χ2n) is 6.49. The van der Waals surface area contributed by atoms with Gasteiger partial charge in [0.1, 0.15) is 6.04 Å². The monoisotopic (exact) mass is 453 g/mol. The van der Waals surface area contributed by atoms with Crippen molar-refractivity contribution in [2.45, 2.75) is 13.0 Å². The number of benzene rings is 2. The van der Waals surface area contributed by atoms with E-state index >= 15 is 0 Å². The number of anilines is 2. The summed E-state index contributed by atoms with van der Waals surface area (Å²) in [4.78, 5) is 25.3. The van der Waals surface area contributed by atoms with Crippen molar-refractivity contribution in [2.75, 3.05) is 36.1 Å². The summed E-state index contributed by atoms with van der Waals surface area (Å²) in [7, 11) is -2.25. The number of ether oxygens (including phenoxy) is 1. The smallest absolute Gasteiger partial charge is 0.253 e. The fourth-order valence-electron chi connectivity index (χ4n) is 2.79. The zero-order chi connectivity index (χ0) is 22.3. The molecule has 0 saturated heterocycles. The first-order valence-electron chi connectivity index (χ1n) is 9.07. The zero-order valence-corrected chi connectivity index (χ0v) is 18.5. The summed E-state index contributed by atoms with van der Waals surface area (Å²) in [5.74, 6) is -0.971. The van der Waals surface area contributed by atoms with Crippen molar-refractivity contribution in [3.63, 3.8) is 0 Å². The van der Waals surface area contributed by atoms with Gasteiger partial charge in [-0.2, -0.15) is 0 Å². The molecule has 0 unspecified atom stereocenters. The minimum Gasteiger partial charge on any atom is -0.383 e. The van der Waals surface area contributed by atoms with Crippen LogP contribution in [-0.4, -0.2) is 52.8 Å². The van der Waals surface area contributed by atoms with Crippen molar-refractivity contribution < 1.29 is 22.7 Å². The maximum absolute atomic E-state index is 12.9. The third kappa shape index (κ3) is 6.19. The summed E-state index contributed by atoms with van der Waals surface area (Å²) in [6.45, 7) is 2.13. The first-order valence-corrected chi connectivity index (χ1v) is 11.3. The number of nitrogens with one attached hydrogen (secondary N) is 2. The van der Waals surface area contributed by atoms with Gasteiger partial charge in [-0.1, -0.05) is 23.7 Å². The number of nitrogens with zero attached hydrogens (tertiary/aromatic N) is 1. The van der Waals surface area contributed by atoms with Crippen molar-refractivity contribution in [1.29, 1.82) is 0 Å². The Morgan fingerprint density at radius 1 is 1.13 bits per heavy atom. The minimum absolute atomic E-state index is 0.256. The first-order chi connectivity index (χ1) is 14.1. The number of carbonyl (C=O) groups is 2. The molecule has 1 atom stereocenters. The lowest BCUT2D eigenvalue weighted by atomic mass is 10.1. The van der Waals surface area contributed by atoms with Gasteiger partial charge in [-0.3, -0.25) is 13.9 Å². The quantitative estimate of drug-likeness (QED) is 0.567. The molecule has 30 heavy (non-hydrogen) atoms. The van der Waals surface area contributed by atoms with Crippen LogP contribution in [0.15, 0.2) is 48.5 Å². The van der Waals surface area contributed by atoms with Crippen molar-refractivity contribution in [3.05, 3.63) is 59.1 Å². The molecule has 8 nitrogen and oxygen atoms in total. The molecular weight excluding hydrogens is 430 g/mol. The summed E-state index contributed by atoms with van der Waals surface area (Å²) in [5.41, 5.74) is 0.829. The standard InChI is InChI=1S/C20H24ClN3O5S/c1-14(24(30(3,27)28)16-10-8-15(21)9-11-16)19(25)23-18-7-5-4-6-17(18)20(26)22-12-13-29-2/h4-11,14H,12-13H2,1-3H3,(H,22,26)(H,23,25)/t14-/m1/s1. The minimum atomic E-state index is -3.77. The van der Waals surface area contributed by atoms with E-state index in [2.05, 4.69) is 10.6 Å². The Hall–Kier alpha value is -2.62. The van der Waals surface area contributed by atoms with Gasteiger partial charge >= 0.3 is 0 Å². The van der Waals surface area contributed by atoms with Crippen LogP contribution < -0.4 is 14.9 Å². The van der Waals surface area contributed by atoms with E-state index in [1.165, 1.54) is 26.2 Å². The van der Waals surface area contributed by atoms with E-state index in [1.807, 2.05) is 0 Å². The van der Waals surface area contributed by atoms with Crippen LogP contribution in [0.4, 0.5) is 11.4 Å². The molecule has 0 radical (unpaired) electrons. The maximum atomic E-state index is 12.9. The average Bonchev–Trinajstić information content (AvgIpc) is 2.69. The van der Waals surface area contributed by atoms with Gasteiger partial charge in [-0.25, -0.2) is 8.42 Å². The molecule has 0 aliphatic rings. The van der Waals surface area contributed by atoms with Crippen LogP contribution in [0.3, 0.4) is 0 Å². The highest BCUT2D eigenvalue weighted by atomic mass is 35.5. The fourth-order valence-corrected chi connectivity index (χ4v) is 4.09. The fraction of sp³-hybridized carbons (Fsp3) is 0.300. The number of para-hydroxylation sites is 1. The molecule has 0 spiro atoms. The van der Waals surface area contributed by atoms with E-state index in [1.54, 1.807) is 36.4 Å². The van der Waals surface area contributed by atoms with Crippen LogP contribution in [0.2, 0.25) is 5.02 Å². The third-order valence-corrected chi connectivity index (χ3v) is 5.68. The van der Waals surface area contributed by atoms with Crippen molar-refractivity contribution in [1.82, 2.24) is 5.32 Å². The molecule has 162 valence electrons. The molecule has 2 N–H and O–H groups in total. The van der Waals surface area contributed by atoms with Crippen molar-refractivity contribution >= 4 is 44.8 Å². The van der Waals surface area contributed by atoms with Crippen LogP contribution in [0.25, 0.3) is 0 Å². The van der Waals surface area contributed by atoms with E-state index in [9.17, 15) is 18.0 Å². The number of sulfonamides is 1. The Labute approximate surface area is 181 Å². The summed E-state index contributed by atoms with van der Waals surface area (Å²) in [6.07, 6.45) is 1.02. The van der Waals surface area contributed by atoms with Crippen LogP contribution in [0, 0.1) is 0 Å². The highest BCUT2D eigenvalue weighted by Crippen LogP contribution is 2.24. The number of rotatable bonds is 9. The Bertz CT molecular complexity index is 996. The zero-order valence-electron chi connectivity index (χ0n) is 16.9. The lowest BCUT2D eigenvalue weighted by Gasteiger charge is -2.28. The molecule has 0 aliphatic heterocycles. The van der Waals surface area contributed by atoms with Gasteiger partial charge in [0, 0.05) is 18.7 Å². The molecule has 2 aromatic carbocycles. The SMILES string of the molecule is COCCNC(=O)c1ccccc1NC(=O)[C@@H](C)N(c1ccc(Cl)cc1)S(C)(=O)=O. The topological polar surface area (TPSA) is 105 Å². The summed E-state index contributed by atoms with van der Waals surface area (Å²) in [5, 5.41) is 5.78. The Balaban J connectivity index is 2.25. The van der Waals surface area contributed by atoms with Crippen molar-refractivity contribution in [3.8, 4) is 0 Å². The van der Waals surface area contributed by atoms with Gasteiger partial charge in [-0.05, 0) is 43.3 Å². The molecule has 0 heterocycles. The Morgan fingerprint density at radius 3 is 2.37 bits per heavy atom. The predicted molar refractivity (Wildman–Crippen MR) is 118 cm³/mol. The first kappa shape index (κ1) is 23.7. The highest BCUT2D eigenvalue weighted by Gasteiger charge is 2.29. The number of halogens is 1. The summed E-state index contributed by atoms with van der Waals surface area (Å²) >= 11 is 5.88. The summed E-state index contributed by atoms with van der Waals surface area (Å²) in [6, 6.07) is 11.5. The largest absolute Gasteiger partial charge is 0.383 e. The van der Waals surface area contributed by atoms with Crippen LogP contribution in [-0.2, 0) is 19.6 Å². The van der Waals surface area contributed by atoms with Gasteiger partial charge in [0.15, 0.2) is 0 Å². The lowest BCUT2D eigenvalue weighted by molar-refractivity contribution is -0.116. The normalized spacial score (nSPS) is 12.1. The van der Waals surface area contributed by atoms with E-state index in [0.717, 1.165) is 10.6 Å².